The topological polar surface area (TPSA) is 88.1 Å². The van der Waals surface area contributed by atoms with Gasteiger partial charge in [-0.15, -0.1) is 0 Å². The molecule has 1 saturated carbocycles. The Bertz CT molecular complexity index is 1170. The molecule has 31 heavy (non-hydrogen) atoms. The van der Waals surface area contributed by atoms with E-state index in [9.17, 15) is 13.2 Å². The molecule has 2 aromatic carbocycles. The third-order valence-corrected chi connectivity index (χ3v) is 7.56. The minimum absolute atomic E-state index is 0.0465. The molecule has 0 aromatic heterocycles. The van der Waals surface area contributed by atoms with Crippen molar-refractivity contribution in [1.82, 2.24) is 4.72 Å². The van der Waals surface area contributed by atoms with Crippen LogP contribution in [0.5, 0.6) is 5.75 Å². The lowest BCUT2D eigenvalue weighted by Gasteiger charge is -2.33. The first-order valence-corrected chi connectivity index (χ1v) is 11.8. The summed E-state index contributed by atoms with van der Waals surface area (Å²) in [4.78, 5) is 16.3. The Kier molecular flexibility index (Phi) is 4.73. The summed E-state index contributed by atoms with van der Waals surface area (Å²) in [6, 6.07) is 10.9. The molecule has 0 radical (unpaired) electrons. The highest BCUT2D eigenvalue weighted by Gasteiger charge is 2.45. The highest BCUT2D eigenvalue weighted by molar-refractivity contribution is 7.92. The fourth-order valence-electron chi connectivity index (χ4n) is 4.72. The first-order chi connectivity index (χ1) is 14.9. The molecule has 1 aliphatic carbocycles. The number of hydrogen-bond donors (Lipinski definition) is 1. The van der Waals surface area contributed by atoms with Gasteiger partial charge in [-0.2, -0.15) is 8.42 Å². The van der Waals surface area contributed by atoms with Crippen molar-refractivity contribution in [2.75, 3.05) is 10.8 Å². The van der Waals surface area contributed by atoms with Crippen molar-refractivity contribution in [3.05, 3.63) is 53.3 Å². The van der Waals surface area contributed by atoms with Crippen LogP contribution in [-0.4, -0.2) is 27.1 Å². The van der Waals surface area contributed by atoms with Gasteiger partial charge in [0.15, 0.2) is 5.82 Å². The first kappa shape index (κ1) is 20.0. The molecule has 2 aliphatic heterocycles. The van der Waals surface area contributed by atoms with E-state index in [4.69, 9.17) is 4.74 Å². The van der Waals surface area contributed by atoms with Crippen LogP contribution >= 0.6 is 0 Å². The number of nitrogens with one attached hydrogen (secondary N) is 1. The van der Waals surface area contributed by atoms with Gasteiger partial charge in [0.05, 0.1) is 5.69 Å². The van der Waals surface area contributed by atoms with Crippen LogP contribution in [0.25, 0.3) is 0 Å². The second-order valence-electron chi connectivity index (χ2n) is 8.22. The number of rotatable bonds is 4. The van der Waals surface area contributed by atoms with E-state index in [2.05, 4.69) is 4.99 Å². The maximum atomic E-state index is 16.1. The molecule has 2 heterocycles. The van der Waals surface area contributed by atoms with Gasteiger partial charge < -0.3 is 4.74 Å². The zero-order valence-corrected chi connectivity index (χ0v) is 17.6. The minimum atomic E-state index is -4.20. The molecule has 0 bridgehead atoms. The number of benzene rings is 2. The van der Waals surface area contributed by atoms with Crippen molar-refractivity contribution < 1.29 is 22.3 Å². The van der Waals surface area contributed by atoms with Crippen LogP contribution in [0.15, 0.2) is 41.4 Å². The molecule has 1 amide bonds. The van der Waals surface area contributed by atoms with E-state index in [0.717, 1.165) is 42.0 Å². The van der Waals surface area contributed by atoms with Gasteiger partial charge in [0.25, 0.3) is 5.91 Å². The Morgan fingerprint density at radius 1 is 1.16 bits per heavy atom. The summed E-state index contributed by atoms with van der Waals surface area (Å²) in [6.07, 6.45) is 6.30. The maximum absolute atomic E-state index is 16.1. The van der Waals surface area contributed by atoms with Crippen LogP contribution in [0.1, 0.15) is 43.2 Å². The summed E-state index contributed by atoms with van der Waals surface area (Å²) >= 11 is 0. The van der Waals surface area contributed by atoms with Gasteiger partial charge in [-0.05, 0) is 18.4 Å². The molecule has 9 heteroatoms. The summed E-state index contributed by atoms with van der Waals surface area (Å²) in [7, 11) is -4.20. The normalized spacial score (nSPS) is 20.7. The van der Waals surface area contributed by atoms with Gasteiger partial charge >= 0.3 is 10.2 Å². The van der Waals surface area contributed by atoms with Gasteiger partial charge in [0.2, 0.25) is 0 Å². The maximum Gasteiger partial charge on any atom is 0.326 e. The molecule has 0 unspecified atom stereocenters. The molecule has 162 valence electrons. The molecule has 0 atom stereocenters. The van der Waals surface area contributed by atoms with E-state index < -0.39 is 33.9 Å². The Hall–Kier alpha value is -2.94. The van der Waals surface area contributed by atoms with E-state index >= 15 is 4.39 Å². The first-order valence-electron chi connectivity index (χ1n) is 10.3. The molecule has 1 spiro atoms. The number of carbonyl (C=O) groups is 1. The lowest BCUT2D eigenvalue weighted by molar-refractivity contribution is -0.117. The molecular formula is C22H22FN3O4S. The predicted octanol–water partition coefficient (Wildman–Crippen LogP) is 3.50. The molecule has 2 aromatic rings. The summed E-state index contributed by atoms with van der Waals surface area (Å²) < 4.78 is 49.8. The van der Waals surface area contributed by atoms with Crippen LogP contribution in [0.2, 0.25) is 0 Å². The van der Waals surface area contributed by atoms with E-state index in [1.807, 2.05) is 35.1 Å². The third kappa shape index (κ3) is 3.37. The summed E-state index contributed by atoms with van der Waals surface area (Å²) in [6.45, 7) is -0.371. The van der Waals surface area contributed by atoms with E-state index in [1.165, 1.54) is 0 Å². The van der Waals surface area contributed by atoms with Crippen molar-refractivity contribution in [2.24, 2.45) is 4.99 Å². The summed E-state index contributed by atoms with van der Waals surface area (Å²) in [5.74, 6) is -1.34. The van der Waals surface area contributed by atoms with Crippen LogP contribution in [0.4, 0.5) is 15.8 Å². The molecule has 7 nitrogen and oxygen atoms in total. The SMILES string of the molecule is O=C1CN(c2c(OCc3ccccc3)cc3c(c2F)C2(C=N3)CCCCC2)S(=O)(=O)N1. The zero-order chi connectivity index (χ0) is 21.6. The number of ether oxygens (including phenoxy) is 1. The Labute approximate surface area is 180 Å². The highest BCUT2D eigenvalue weighted by Crippen LogP contribution is 2.52. The van der Waals surface area contributed by atoms with Crippen molar-refractivity contribution >= 4 is 33.7 Å². The Morgan fingerprint density at radius 2 is 1.90 bits per heavy atom. The van der Waals surface area contributed by atoms with E-state index in [0.29, 0.717) is 11.3 Å². The molecule has 2 fully saturated rings. The average molecular weight is 444 g/mol. The average Bonchev–Trinajstić information content (AvgIpc) is 3.23. The minimum Gasteiger partial charge on any atom is -0.486 e. The molecule has 3 aliphatic rings. The Balaban J connectivity index is 1.63. The van der Waals surface area contributed by atoms with Crippen LogP contribution in [0.3, 0.4) is 0 Å². The highest BCUT2D eigenvalue weighted by atomic mass is 32.2. The van der Waals surface area contributed by atoms with Crippen molar-refractivity contribution in [1.29, 1.82) is 0 Å². The van der Waals surface area contributed by atoms with E-state index in [1.54, 1.807) is 12.3 Å². The van der Waals surface area contributed by atoms with Crippen LogP contribution in [0, 0.1) is 5.82 Å². The number of hydrogen-bond acceptors (Lipinski definition) is 5. The standard InChI is InChI=1S/C22H22FN3O4S/c23-20-19-16(24-14-22(19)9-5-2-6-10-22)11-17(30-13-15-7-3-1-4-8-15)21(20)26-12-18(27)25-31(26,28)29/h1,3-4,7-8,11,14H,2,5-6,9-10,12-13H2,(H,25,27). The second-order valence-corrected chi connectivity index (χ2v) is 9.81. The van der Waals surface area contributed by atoms with Gasteiger partial charge in [-0.3, -0.25) is 9.79 Å². The lowest BCUT2D eigenvalue weighted by atomic mass is 9.70. The molecular weight excluding hydrogens is 421 g/mol. The van der Waals surface area contributed by atoms with Crippen molar-refractivity contribution in [3.63, 3.8) is 0 Å². The number of nitrogens with zero attached hydrogens (tertiary/aromatic N) is 2. The van der Waals surface area contributed by atoms with Crippen LogP contribution < -0.4 is 13.8 Å². The third-order valence-electron chi connectivity index (χ3n) is 6.19. The zero-order valence-electron chi connectivity index (χ0n) is 16.8. The van der Waals surface area contributed by atoms with Gasteiger partial charge in [-0.25, -0.2) is 13.4 Å². The number of aliphatic imine (C=N–C) groups is 1. The smallest absolute Gasteiger partial charge is 0.326 e. The number of anilines is 1. The van der Waals surface area contributed by atoms with Gasteiger partial charge in [0.1, 0.15) is 24.6 Å². The predicted molar refractivity (Wildman–Crippen MR) is 114 cm³/mol. The molecule has 1 saturated heterocycles. The van der Waals surface area contributed by atoms with E-state index in [-0.39, 0.29) is 18.0 Å². The number of carbonyl (C=O) groups excluding carboxylic acids is 1. The fourth-order valence-corrected chi connectivity index (χ4v) is 5.88. The monoisotopic (exact) mass is 443 g/mol. The summed E-state index contributed by atoms with van der Waals surface area (Å²) in [5.41, 5.74) is 0.945. The number of fused-ring (bicyclic) bond motifs is 2. The largest absolute Gasteiger partial charge is 0.486 e. The van der Waals surface area contributed by atoms with Gasteiger partial charge in [0, 0.05) is 23.3 Å². The Morgan fingerprint density at radius 3 is 2.58 bits per heavy atom. The van der Waals surface area contributed by atoms with Crippen molar-refractivity contribution in [3.8, 4) is 5.75 Å². The van der Waals surface area contributed by atoms with Gasteiger partial charge in [-0.1, -0.05) is 49.6 Å². The molecule has 5 rings (SSSR count). The van der Waals surface area contributed by atoms with Crippen LogP contribution in [-0.2, 0) is 27.0 Å². The fraction of sp³-hybridized carbons (Fsp3) is 0.364. The second kappa shape index (κ2) is 7.33. The quantitative estimate of drug-likeness (QED) is 0.783. The lowest BCUT2D eigenvalue weighted by Crippen LogP contribution is -2.33. The summed E-state index contributed by atoms with van der Waals surface area (Å²) in [5, 5.41) is 0. The van der Waals surface area contributed by atoms with Crippen molar-refractivity contribution in [2.45, 2.75) is 44.1 Å². The molecule has 1 N–H and O–H groups in total. The number of amides is 1. The number of halogens is 1.